The molecular formula is C24H18ClF4N5O. The Morgan fingerprint density at radius 1 is 1.17 bits per heavy atom. The van der Waals surface area contributed by atoms with Crippen LogP contribution < -0.4 is 10.7 Å². The minimum Gasteiger partial charge on any atom is -0.321 e. The first-order chi connectivity index (χ1) is 16.7. The molecule has 0 bridgehead atoms. The van der Waals surface area contributed by atoms with E-state index in [4.69, 9.17) is 17.0 Å². The summed E-state index contributed by atoms with van der Waals surface area (Å²) < 4.78 is 54.0. The summed E-state index contributed by atoms with van der Waals surface area (Å²) in [5.74, 6) is -1.47. The normalized spacial score (nSPS) is 13.6. The molecule has 3 aromatic rings. The highest BCUT2D eigenvalue weighted by molar-refractivity contribution is 6.33. The van der Waals surface area contributed by atoms with Gasteiger partial charge in [-0.2, -0.15) is 18.3 Å². The number of aromatic nitrogens is 1. The maximum atomic E-state index is 13.5. The minimum absolute atomic E-state index is 0.136. The van der Waals surface area contributed by atoms with Gasteiger partial charge in [0.05, 0.1) is 23.1 Å². The number of carbonyl (C=O) groups is 1. The fourth-order valence-corrected chi connectivity index (χ4v) is 3.84. The first-order valence-corrected chi connectivity index (χ1v) is 10.8. The molecule has 2 aromatic carbocycles. The van der Waals surface area contributed by atoms with Crippen molar-refractivity contribution in [3.05, 3.63) is 76.2 Å². The molecule has 1 aliphatic rings. The summed E-state index contributed by atoms with van der Waals surface area (Å²) >= 11 is 6.18. The Balaban J connectivity index is 1.63. The number of alkyl halides is 3. The van der Waals surface area contributed by atoms with Crippen molar-refractivity contribution in [2.45, 2.75) is 24.9 Å². The Morgan fingerprint density at radius 2 is 1.94 bits per heavy atom. The van der Waals surface area contributed by atoms with Gasteiger partial charge in [-0.05, 0) is 60.2 Å². The van der Waals surface area contributed by atoms with E-state index in [2.05, 4.69) is 20.8 Å². The zero-order chi connectivity index (χ0) is 25.2. The van der Waals surface area contributed by atoms with Crippen molar-refractivity contribution in [1.82, 2.24) is 4.98 Å². The van der Waals surface area contributed by atoms with E-state index in [-0.39, 0.29) is 16.6 Å². The molecule has 3 N–H and O–H groups in total. The third-order valence-corrected chi connectivity index (χ3v) is 5.64. The third kappa shape index (κ3) is 5.65. The predicted octanol–water partition coefficient (Wildman–Crippen LogP) is 6.74. The van der Waals surface area contributed by atoms with Crippen LogP contribution in [0.3, 0.4) is 0 Å². The summed E-state index contributed by atoms with van der Waals surface area (Å²) in [6.45, 7) is 0. The van der Waals surface area contributed by atoms with E-state index in [1.165, 1.54) is 12.1 Å². The smallest absolute Gasteiger partial charge is 0.321 e. The molecule has 6 nitrogen and oxygen atoms in total. The second-order valence-corrected chi connectivity index (χ2v) is 8.24. The van der Waals surface area contributed by atoms with Gasteiger partial charge in [0.25, 0.3) is 5.91 Å². The summed E-state index contributed by atoms with van der Waals surface area (Å²) in [5, 5.41) is 13.0. The van der Waals surface area contributed by atoms with Crippen LogP contribution in [0.15, 0.2) is 53.8 Å². The Bertz CT molecular complexity index is 1320. The highest BCUT2D eigenvalue weighted by Crippen LogP contribution is 2.44. The highest BCUT2D eigenvalue weighted by Gasteiger charge is 2.35. The molecular weight excluding hydrogens is 486 g/mol. The number of halogens is 5. The van der Waals surface area contributed by atoms with Crippen LogP contribution in [0, 0.1) is 11.2 Å². The molecule has 0 unspecified atom stereocenters. The minimum atomic E-state index is -4.76. The van der Waals surface area contributed by atoms with Crippen molar-refractivity contribution < 1.29 is 22.4 Å². The van der Waals surface area contributed by atoms with Crippen LogP contribution in [-0.4, -0.2) is 23.3 Å². The van der Waals surface area contributed by atoms with E-state index in [0.29, 0.717) is 16.7 Å². The standard InChI is InChI=1S/C24H18ClF4N5O/c25-21-10-15(26)4-6-17(21)14-3-5-18(19(9-14)13-1-2-13)23(35)33-16-11-20(24(27,28)29)22(31-12-16)34-32-8-7-30/h3-13,30H,1-2H2,(H,31,34)(H,33,35)/b30-7?,32-8-. The molecule has 0 spiro atoms. The quantitative estimate of drug-likeness (QED) is 0.189. The Morgan fingerprint density at radius 3 is 2.60 bits per heavy atom. The van der Waals surface area contributed by atoms with Gasteiger partial charge in [-0.1, -0.05) is 23.7 Å². The maximum Gasteiger partial charge on any atom is 0.420 e. The zero-order valence-corrected chi connectivity index (χ0v) is 18.7. The number of pyridine rings is 1. The van der Waals surface area contributed by atoms with Crippen molar-refractivity contribution in [1.29, 1.82) is 5.41 Å². The van der Waals surface area contributed by atoms with Gasteiger partial charge in [0.15, 0.2) is 5.82 Å². The Hall–Kier alpha value is -3.79. The average molecular weight is 504 g/mol. The molecule has 4 rings (SSSR count). The number of anilines is 2. The number of nitrogens with one attached hydrogen (secondary N) is 3. The van der Waals surface area contributed by atoms with Crippen molar-refractivity contribution >= 4 is 41.4 Å². The number of hydrazone groups is 1. The molecule has 11 heteroatoms. The number of nitrogens with zero attached hydrogens (tertiary/aromatic N) is 2. The summed E-state index contributed by atoms with van der Waals surface area (Å²) in [7, 11) is 0. The lowest BCUT2D eigenvalue weighted by Gasteiger charge is -2.15. The first kappa shape index (κ1) is 24.3. The second kappa shape index (κ2) is 9.83. The van der Waals surface area contributed by atoms with E-state index < -0.39 is 29.3 Å². The number of carbonyl (C=O) groups excluding carboxylic acids is 1. The average Bonchev–Trinajstić information content (AvgIpc) is 3.64. The molecule has 1 amide bonds. The van der Waals surface area contributed by atoms with Gasteiger partial charge < -0.3 is 10.7 Å². The molecule has 1 fully saturated rings. The second-order valence-electron chi connectivity index (χ2n) is 7.83. The van der Waals surface area contributed by atoms with E-state index in [0.717, 1.165) is 43.1 Å². The maximum absolute atomic E-state index is 13.5. The number of benzene rings is 2. The molecule has 1 saturated carbocycles. The van der Waals surface area contributed by atoms with Gasteiger partial charge in [-0.25, -0.2) is 9.37 Å². The third-order valence-electron chi connectivity index (χ3n) is 5.33. The SMILES string of the molecule is N=C/C=N\Nc1ncc(NC(=O)c2ccc(-c3ccc(F)cc3Cl)cc2C2CC2)cc1C(F)(F)F. The Kier molecular flexibility index (Phi) is 6.83. The topological polar surface area (TPSA) is 90.2 Å². The number of hydrogen-bond acceptors (Lipinski definition) is 5. The molecule has 1 heterocycles. The van der Waals surface area contributed by atoms with E-state index >= 15 is 0 Å². The van der Waals surface area contributed by atoms with Gasteiger partial charge in [0.2, 0.25) is 0 Å². The van der Waals surface area contributed by atoms with Gasteiger partial charge in [0, 0.05) is 17.3 Å². The van der Waals surface area contributed by atoms with Crippen LogP contribution in [0.5, 0.6) is 0 Å². The van der Waals surface area contributed by atoms with Crippen molar-refractivity contribution in [3.63, 3.8) is 0 Å². The van der Waals surface area contributed by atoms with Gasteiger partial charge >= 0.3 is 6.18 Å². The molecule has 0 radical (unpaired) electrons. The van der Waals surface area contributed by atoms with E-state index in [1.54, 1.807) is 24.3 Å². The lowest BCUT2D eigenvalue weighted by atomic mass is 9.96. The largest absolute Gasteiger partial charge is 0.420 e. The van der Waals surface area contributed by atoms with E-state index in [1.807, 2.05) is 0 Å². The zero-order valence-electron chi connectivity index (χ0n) is 18.0. The number of rotatable bonds is 7. The van der Waals surface area contributed by atoms with Crippen molar-refractivity contribution in [2.75, 3.05) is 10.7 Å². The van der Waals surface area contributed by atoms with Crippen LogP contribution in [0.2, 0.25) is 5.02 Å². The fourth-order valence-electron chi connectivity index (χ4n) is 3.57. The van der Waals surface area contributed by atoms with Crippen LogP contribution in [0.4, 0.5) is 29.1 Å². The summed E-state index contributed by atoms with van der Waals surface area (Å²) in [6, 6.07) is 9.85. The van der Waals surface area contributed by atoms with Crippen LogP contribution in [0.25, 0.3) is 11.1 Å². The van der Waals surface area contributed by atoms with Gasteiger partial charge in [0.1, 0.15) is 11.4 Å². The molecule has 1 aromatic heterocycles. The van der Waals surface area contributed by atoms with Gasteiger partial charge in [-0.3, -0.25) is 10.2 Å². The molecule has 0 atom stereocenters. The first-order valence-electron chi connectivity index (χ1n) is 10.4. The predicted molar refractivity (Wildman–Crippen MR) is 127 cm³/mol. The molecule has 35 heavy (non-hydrogen) atoms. The number of amides is 1. The lowest BCUT2D eigenvalue weighted by molar-refractivity contribution is -0.137. The fraction of sp³-hybridized carbons (Fsp3) is 0.167. The summed E-state index contributed by atoms with van der Waals surface area (Å²) in [5.41, 5.74) is 3.24. The van der Waals surface area contributed by atoms with Crippen LogP contribution in [0.1, 0.15) is 40.2 Å². The summed E-state index contributed by atoms with van der Waals surface area (Å²) in [6.07, 6.45) is -0.180. The van der Waals surface area contributed by atoms with Crippen molar-refractivity contribution in [3.8, 4) is 11.1 Å². The van der Waals surface area contributed by atoms with Crippen molar-refractivity contribution in [2.24, 2.45) is 5.10 Å². The monoisotopic (exact) mass is 503 g/mol. The number of hydrogen-bond donors (Lipinski definition) is 3. The van der Waals surface area contributed by atoms with E-state index in [9.17, 15) is 22.4 Å². The van der Waals surface area contributed by atoms with Crippen LogP contribution >= 0.6 is 11.6 Å². The lowest BCUT2D eigenvalue weighted by Crippen LogP contribution is -2.16. The molecule has 0 saturated heterocycles. The molecule has 1 aliphatic carbocycles. The highest BCUT2D eigenvalue weighted by atomic mass is 35.5. The Labute approximate surface area is 202 Å². The molecule has 180 valence electrons. The van der Waals surface area contributed by atoms with Gasteiger partial charge in [-0.15, -0.1) is 0 Å². The molecule has 0 aliphatic heterocycles. The summed E-state index contributed by atoms with van der Waals surface area (Å²) in [4.78, 5) is 16.7. The van der Waals surface area contributed by atoms with Crippen LogP contribution in [-0.2, 0) is 6.18 Å².